The van der Waals surface area contributed by atoms with Crippen LogP contribution in [0.25, 0.3) is 22.6 Å². The number of rotatable bonds is 15. The normalized spacial score (nSPS) is 16.6. The van der Waals surface area contributed by atoms with Gasteiger partial charge in [-0.3, -0.25) is 9.59 Å². The summed E-state index contributed by atoms with van der Waals surface area (Å²) < 4.78 is 19.5. The van der Waals surface area contributed by atoms with E-state index in [1.807, 2.05) is 121 Å². The van der Waals surface area contributed by atoms with Gasteiger partial charge < -0.3 is 35.4 Å². The molecule has 5 N–H and O–H groups in total. The van der Waals surface area contributed by atoms with Gasteiger partial charge in [-0.25, -0.2) is 4.98 Å². The highest BCUT2D eigenvalue weighted by atomic mass is 32.2. The first-order valence-corrected chi connectivity index (χ1v) is 19.7. The second kappa shape index (κ2) is 18.7. The molecule has 286 valence electrons. The molecule has 2 amide bonds. The first kappa shape index (κ1) is 38.6. The van der Waals surface area contributed by atoms with E-state index in [1.54, 1.807) is 12.1 Å². The van der Waals surface area contributed by atoms with E-state index < -0.39 is 6.29 Å². The molecule has 56 heavy (non-hydrogen) atoms. The van der Waals surface area contributed by atoms with Crippen LogP contribution in [0, 0.1) is 0 Å². The number of para-hydroxylation sites is 2. The molecule has 3 atom stereocenters. The summed E-state index contributed by atoms with van der Waals surface area (Å²) in [6.45, 7) is -0.0341. The minimum absolute atomic E-state index is 0.0341. The number of hydrogen-bond acceptors (Lipinski definition) is 9. The van der Waals surface area contributed by atoms with Crippen molar-refractivity contribution in [1.29, 1.82) is 0 Å². The Morgan fingerprint density at radius 1 is 0.732 bits per heavy atom. The number of carbonyl (C=O) groups excluding carboxylic acids is 2. The van der Waals surface area contributed by atoms with Crippen molar-refractivity contribution < 1.29 is 28.6 Å². The Labute approximate surface area is 330 Å². The van der Waals surface area contributed by atoms with Crippen molar-refractivity contribution >= 4 is 40.6 Å². The molecule has 0 aliphatic carbocycles. The SMILES string of the molecule is Nc1ccccc1NC(=O)CCCCC(=O)Nc1ccc(C2OC(CSc3nc(-c4ccccc4)c(-c4ccccc4)o3)CC(c3ccc(CO)cc3)O2)cc1. The van der Waals surface area contributed by atoms with Crippen LogP contribution >= 0.6 is 11.8 Å². The Hall–Kier alpha value is -5.72. The second-order valence-corrected chi connectivity index (χ2v) is 14.5. The van der Waals surface area contributed by atoms with Crippen LogP contribution in [-0.2, 0) is 25.7 Å². The number of anilines is 3. The predicted molar refractivity (Wildman–Crippen MR) is 220 cm³/mol. The summed E-state index contributed by atoms with van der Waals surface area (Å²) in [7, 11) is 0. The van der Waals surface area contributed by atoms with Crippen LogP contribution in [0.5, 0.6) is 0 Å². The molecule has 1 aliphatic rings. The molecule has 7 rings (SSSR count). The molecule has 1 fully saturated rings. The second-order valence-electron chi connectivity index (χ2n) is 13.6. The van der Waals surface area contributed by atoms with Crippen molar-refractivity contribution in [2.75, 3.05) is 22.1 Å². The van der Waals surface area contributed by atoms with E-state index in [-0.39, 0.29) is 37.0 Å². The average molecular weight is 769 g/mol. The van der Waals surface area contributed by atoms with Crippen molar-refractivity contribution in [2.24, 2.45) is 0 Å². The maximum Gasteiger partial charge on any atom is 0.256 e. The van der Waals surface area contributed by atoms with Gasteiger partial charge in [0.15, 0.2) is 12.1 Å². The van der Waals surface area contributed by atoms with E-state index in [9.17, 15) is 14.7 Å². The fourth-order valence-corrected chi connectivity index (χ4v) is 7.31. The maximum absolute atomic E-state index is 12.7. The summed E-state index contributed by atoms with van der Waals surface area (Å²) in [5.41, 5.74) is 13.0. The maximum atomic E-state index is 12.7. The molecule has 1 aliphatic heterocycles. The number of oxazole rings is 1. The van der Waals surface area contributed by atoms with Gasteiger partial charge in [0.05, 0.1) is 30.2 Å². The predicted octanol–water partition coefficient (Wildman–Crippen LogP) is 9.56. The lowest BCUT2D eigenvalue weighted by Gasteiger charge is -2.36. The molecule has 3 unspecified atom stereocenters. The summed E-state index contributed by atoms with van der Waals surface area (Å²) in [5, 5.41) is 15.9. The smallest absolute Gasteiger partial charge is 0.256 e. The molecule has 6 aromatic rings. The minimum Gasteiger partial charge on any atom is -0.431 e. The lowest BCUT2D eigenvalue weighted by Crippen LogP contribution is -2.31. The van der Waals surface area contributed by atoms with E-state index in [0.717, 1.165) is 39.3 Å². The van der Waals surface area contributed by atoms with Crippen molar-refractivity contribution in [3.63, 3.8) is 0 Å². The van der Waals surface area contributed by atoms with Gasteiger partial charge in [-0.2, -0.15) is 0 Å². The van der Waals surface area contributed by atoms with E-state index in [2.05, 4.69) is 10.6 Å². The van der Waals surface area contributed by atoms with E-state index in [4.69, 9.17) is 24.6 Å². The van der Waals surface area contributed by atoms with Crippen molar-refractivity contribution in [3.05, 3.63) is 150 Å². The lowest BCUT2D eigenvalue weighted by molar-refractivity contribution is -0.245. The first-order chi connectivity index (χ1) is 27.4. The number of aliphatic hydroxyl groups excluding tert-OH is 1. The summed E-state index contributed by atoms with van der Waals surface area (Å²) in [6, 6.07) is 42.4. The number of unbranched alkanes of at least 4 members (excludes halogenated alkanes) is 1. The zero-order valence-electron chi connectivity index (χ0n) is 30.8. The molecule has 1 aromatic heterocycles. The number of carbonyl (C=O) groups is 2. The number of nitrogens with zero attached hydrogens (tertiary/aromatic N) is 1. The van der Waals surface area contributed by atoms with Gasteiger partial charge in [0.1, 0.15) is 5.69 Å². The summed E-state index contributed by atoms with van der Waals surface area (Å²) >= 11 is 1.51. The van der Waals surface area contributed by atoms with E-state index in [0.29, 0.717) is 53.7 Å². The van der Waals surface area contributed by atoms with Crippen LogP contribution in [0.1, 0.15) is 61.2 Å². The topological polar surface area (TPSA) is 149 Å². The Balaban J connectivity index is 0.984. The summed E-state index contributed by atoms with van der Waals surface area (Å²) in [5.74, 6) is 1.03. The standard InChI is InChI=1S/C45H44N4O6S/c46-37-15-7-8-16-38(37)48-41(52)18-10-9-17-40(51)47-35-25-23-34(24-26-35)44-53-36(27-39(54-44)31-21-19-30(28-50)20-22-31)29-56-45-49-42(32-11-3-1-4-12-32)43(55-45)33-13-5-2-6-14-33/h1-8,11-16,19-26,36,39,44,50H,9-10,17-18,27-29,46H2,(H,47,51)(H,48,52). The molecule has 0 spiro atoms. The van der Waals surface area contributed by atoms with E-state index in [1.165, 1.54) is 11.8 Å². The number of hydrogen-bond donors (Lipinski definition) is 4. The summed E-state index contributed by atoms with van der Waals surface area (Å²) in [6.07, 6.45) is 1.20. The zero-order valence-corrected chi connectivity index (χ0v) is 31.6. The number of nitrogen functional groups attached to an aromatic ring is 1. The molecule has 11 heteroatoms. The summed E-state index contributed by atoms with van der Waals surface area (Å²) in [4.78, 5) is 30.0. The first-order valence-electron chi connectivity index (χ1n) is 18.7. The van der Waals surface area contributed by atoms with Crippen LogP contribution < -0.4 is 16.4 Å². The van der Waals surface area contributed by atoms with Gasteiger partial charge in [0, 0.05) is 47.4 Å². The van der Waals surface area contributed by atoms with Gasteiger partial charge in [-0.15, -0.1) is 0 Å². The Kier molecular flexibility index (Phi) is 12.9. The highest BCUT2D eigenvalue weighted by molar-refractivity contribution is 7.99. The lowest BCUT2D eigenvalue weighted by atomic mass is 10.0. The average Bonchev–Trinajstić information content (AvgIpc) is 3.68. The van der Waals surface area contributed by atoms with Crippen molar-refractivity contribution in [3.8, 4) is 22.6 Å². The Morgan fingerprint density at radius 3 is 2.04 bits per heavy atom. The number of ether oxygens (including phenoxy) is 2. The van der Waals surface area contributed by atoms with Crippen molar-refractivity contribution in [1.82, 2.24) is 4.98 Å². The van der Waals surface area contributed by atoms with Crippen LogP contribution in [0.4, 0.5) is 17.1 Å². The van der Waals surface area contributed by atoms with Crippen LogP contribution in [0.2, 0.25) is 0 Å². The van der Waals surface area contributed by atoms with Crippen LogP contribution in [-0.4, -0.2) is 33.8 Å². The van der Waals surface area contributed by atoms with Gasteiger partial charge in [0.25, 0.3) is 5.22 Å². The van der Waals surface area contributed by atoms with Gasteiger partial charge >= 0.3 is 0 Å². The molecule has 0 bridgehead atoms. The number of thioether (sulfide) groups is 1. The highest BCUT2D eigenvalue weighted by Crippen LogP contribution is 2.41. The Bertz CT molecular complexity index is 2140. The van der Waals surface area contributed by atoms with Crippen LogP contribution in [0.15, 0.2) is 143 Å². The third-order valence-corrected chi connectivity index (χ3v) is 10.4. The molecule has 10 nitrogen and oxygen atoms in total. The number of amides is 2. The number of benzene rings is 5. The molecule has 0 radical (unpaired) electrons. The monoisotopic (exact) mass is 768 g/mol. The van der Waals surface area contributed by atoms with E-state index >= 15 is 0 Å². The highest BCUT2D eigenvalue weighted by Gasteiger charge is 2.33. The molecule has 2 heterocycles. The quantitative estimate of drug-likeness (QED) is 0.0455. The molecular weight excluding hydrogens is 725 g/mol. The fourth-order valence-electron chi connectivity index (χ4n) is 6.47. The number of aliphatic hydroxyl groups is 1. The number of aromatic nitrogens is 1. The van der Waals surface area contributed by atoms with Gasteiger partial charge in [-0.1, -0.05) is 121 Å². The fraction of sp³-hybridized carbons (Fsp3) is 0.222. The number of nitrogens with one attached hydrogen (secondary N) is 2. The third-order valence-electron chi connectivity index (χ3n) is 9.46. The molecular formula is C45H44N4O6S. The Morgan fingerprint density at radius 2 is 1.36 bits per heavy atom. The largest absolute Gasteiger partial charge is 0.431 e. The van der Waals surface area contributed by atoms with Crippen LogP contribution in [0.3, 0.4) is 0 Å². The zero-order chi connectivity index (χ0) is 38.7. The molecule has 1 saturated heterocycles. The van der Waals surface area contributed by atoms with Crippen molar-refractivity contribution in [2.45, 2.75) is 62.4 Å². The third kappa shape index (κ3) is 10.1. The van der Waals surface area contributed by atoms with Gasteiger partial charge in [-0.05, 0) is 48.2 Å². The molecule has 0 saturated carbocycles. The molecule has 5 aromatic carbocycles. The van der Waals surface area contributed by atoms with Gasteiger partial charge in [0.2, 0.25) is 11.8 Å². The minimum atomic E-state index is -0.664. The number of nitrogens with two attached hydrogens (primary N) is 1.